The predicted molar refractivity (Wildman–Crippen MR) is 73.5 cm³/mol. The number of rotatable bonds is 8. The van der Waals surface area contributed by atoms with Gasteiger partial charge in [0.15, 0.2) is 5.75 Å². The van der Waals surface area contributed by atoms with E-state index in [-0.39, 0.29) is 42.6 Å². The summed E-state index contributed by atoms with van der Waals surface area (Å²) in [6.45, 7) is 1.35. The van der Waals surface area contributed by atoms with E-state index in [1.54, 1.807) is 6.92 Å². The summed E-state index contributed by atoms with van der Waals surface area (Å²) in [6.07, 6.45) is 0.273. The Morgan fingerprint density at radius 1 is 1.40 bits per heavy atom. The Balaban J connectivity index is 2.66. The fraction of sp³-hybridized carbons (Fsp3) is 0.500. The summed E-state index contributed by atoms with van der Waals surface area (Å²) < 4.78 is 27.8. The number of benzene rings is 1. The van der Waals surface area contributed by atoms with Crippen LogP contribution >= 0.6 is 0 Å². The standard InChI is InChI=1S/C12H17NO6S/c1-2-20(17,18)7-3-6-19-12-5-4-10(9-14)8-11(12)13(15)16/h4-5,8,14H,2-3,6-7,9H2,1H3. The molecule has 0 unspecified atom stereocenters. The highest BCUT2D eigenvalue weighted by Crippen LogP contribution is 2.28. The first-order chi connectivity index (χ1) is 9.39. The van der Waals surface area contributed by atoms with Crippen molar-refractivity contribution >= 4 is 15.5 Å². The Labute approximate surface area is 117 Å². The lowest BCUT2D eigenvalue weighted by atomic mass is 10.2. The third-order valence-corrected chi connectivity index (χ3v) is 4.49. The number of hydrogen-bond donors (Lipinski definition) is 1. The molecule has 112 valence electrons. The maximum absolute atomic E-state index is 11.3. The van der Waals surface area contributed by atoms with E-state index < -0.39 is 14.8 Å². The van der Waals surface area contributed by atoms with Gasteiger partial charge in [-0.05, 0) is 18.1 Å². The molecule has 0 bridgehead atoms. The van der Waals surface area contributed by atoms with Crippen molar-refractivity contribution in [3.63, 3.8) is 0 Å². The molecule has 0 saturated carbocycles. The van der Waals surface area contributed by atoms with Crippen molar-refractivity contribution in [3.05, 3.63) is 33.9 Å². The molecule has 0 fully saturated rings. The monoisotopic (exact) mass is 303 g/mol. The van der Waals surface area contributed by atoms with Gasteiger partial charge in [0.25, 0.3) is 0 Å². The summed E-state index contributed by atoms with van der Waals surface area (Å²) in [6, 6.07) is 4.15. The molecule has 0 aliphatic rings. The zero-order valence-corrected chi connectivity index (χ0v) is 11.9. The predicted octanol–water partition coefficient (Wildman–Crippen LogP) is 1.29. The zero-order valence-electron chi connectivity index (χ0n) is 11.1. The van der Waals surface area contributed by atoms with Gasteiger partial charge in [-0.15, -0.1) is 0 Å². The van der Waals surface area contributed by atoms with Crippen LogP contribution in [0.2, 0.25) is 0 Å². The maximum atomic E-state index is 11.3. The van der Waals surface area contributed by atoms with E-state index in [4.69, 9.17) is 9.84 Å². The van der Waals surface area contributed by atoms with Crippen molar-refractivity contribution < 1.29 is 23.2 Å². The zero-order chi connectivity index (χ0) is 15.2. The van der Waals surface area contributed by atoms with E-state index in [9.17, 15) is 18.5 Å². The second-order valence-electron chi connectivity index (χ2n) is 4.16. The minimum atomic E-state index is -3.06. The first-order valence-corrected chi connectivity index (χ1v) is 7.93. The second kappa shape index (κ2) is 7.20. The first kappa shape index (κ1) is 16.4. The van der Waals surface area contributed by atoms with Gasteiger partial charge < -0.3 is 9.84 Å². The molecule has 0 aromatic heterocycles. The second-order valence-corrected chi connectivity index (χ2v) is 6.63. The summed E-state index contributed by atoms with van der Waals surface area (Å²) >= 11 is 0. The van der Waals surface area contributed by atoms with Gasteiger partial charge >= 0.3 is 5.69 Å². The quantitative estimate of drug-likeness (QED) is 0.440. The molecule has 0 heterocycles. The lowest BCUT2D eigenvalue weighted by Crippen LogP contribution is -2.12. The number of hydrogen-bond acceptors (Lipinski definition) is 6. The molecule has 0 atom stereocenters. The van der Waals surface area contributed by atoms with Gasteiger partial charge in [0.05, 0.1) is 23.9 Å². The van der Waals surface area contributed by atoms with Crippen molar-refractivity contribution in [2.75, 3.05) is 18.1 Å². The van der Waals surface area contributed by atoms with Gasteiger partial charge in [0.1, 0.15) is 9.84 Å². The van der Waals surface area contributed by atoms with Gasteiger partial charge in [-0.3, -0.25) is 10.1 Å². The Morgan fingerprint density at radius 2 is 2.10 bits per heavy atom. The van der Waals surface area contributed by atoms with Crippen LogP contribution in [0.5, 0.6) is 5.75 Å². The number of nitrogens with zero attached hydrogens (tertiary/aromatic N) is 1. The molecule has 0 radical (unpaired) electrons. The van der Waals surface area contributed by atoms with Gasteiger partial charge in [-0.1, -0.05) is 13.0 Å². The molecular formula is C12H17NO6S. The lowest BCUT2D eigenvalue weighted by molar-refractivity contribution is -0.386. The molecule has 0 spiro atoms. The van der Waals surface area contributed by atoms with Crippen molar-refractivity contribution in [1.82, 2.24) is 0 Å². The Hall–Kier alpha value is -1.67. The summed E-state index contributed by atoms with van der Waals surface area (Å²) in [5.41, 5.74) is 0.174. The van der Waals surface area contributed by atoms with Gasteiger partial charge in [-0.2, -0.15) is 0 Å². The van der Waals surface area contributed by atoms with Crippen LogP contribution in [0.1, 0.15) is 18.9 Å². The fourth-order valence-electron chi connectivity index (χ4n) is 1.53. The van der Waals surface area contributed by atoms with Crippen LogP contribution in [0, 0.1) is 10.1 Å². The minimum Gasteiger partial charge on any atom is -0.487 e. The highest BCUT2D eigenvalue weighted by Gasteiger charge is 2.16. The number of sulfone groups is 1. The van der Waals surface area contributed by atoms with Crippen molar-refractivity contribution in [3.8, 4) is 5.75 Å². The molecule has 8 heteroatoms. The maximum Gasteiger partial charge on any atom is 0.311 e. The van der Waals surface area contributed by atoms with Crippen molar-refractivity contribution in [1.29, 1.82) is 0 Å². The molecule has 20 heavy (non-hydrogen) atoms. The van der Waals surface area contributed by atoms with E-state index in [1.165, 1.54) is 18.2 Å². The molecule has 0 saturated heterocycles. The third kappa shape index (κ3) is 4.78. The molecule has 0 aliphatic carbocycles. The number of ether oxygens (including phenoxy) is 1. The van der Waals surface area contributed by atoms with Crippen LogP contribution in [0.4, 0.5) is 5.69 Å². The molecule has 1 aromatic rings. The minimum absolute atomic E-state index is 0.00792. The van der Waals surface area contributed by atoms with Crippen molar-refractivity contribution in [2.24, 2.45) is 0 Å². The van der Waals surface area contributed by atoms with Gasteiger partial charge in [0.2, 0.25) is 0 Å². The van der Waals surface area contributed by atoms with E-state index in [1.807, 2.05) is 0 Å². The lowest BCUT2D eigenvalue weighted by Gasteiger charge is -2.07. The van der Waals surface area contributed by atoms with Gasteiger partial charge in [-0.25, -0.2) is 8.42 Å². The summed E-state index contributed by atoms with van der Waals surface area (Å²) in [5.74, 6) is 0.130. The normalized spacial score (nSPS) is 11.3. The van der Waals surface area contributed by atoms with Gasteiger partial charge in [0, 0.05) is 11.8 Å². The summed E-state index contributed by atoms with van der Waals surface area (Å²) in [4.78, 5) is 10.3. The SMILES string of the molecule is CCS(=O)(=O)CCCOc1ccc(CO)cc1[N+](=O)[O-]. The fourth-order valence-corrected chi connectivity index (χ4v) is 2.38. The number of nitro benzene ring substituents is 1. The smallest absolute Gasteiger partial charge is 0.311 e. The molecule has 0 amide bonds. The first-order valence-electron chi connectivity index (χ1n) is 6.11. The van der Waals surface area contributed by atoms with Crippen molar-refractivity contribution in [2.45, 2.75) is 20.0 Å². The Bertz CT molecular complexity index is 569. The number of aliphatic hydroxyl groups is 1. The Morgan fingerprint density at radius 3 is 2.65 bits per heavy atom. The topological polar surface area (TPSA) is 107 Å². The molecule has 0 aliphatic heterocycles. The average molecular weight is 303 g/mol. The summed E-state index contributed by atoms with van der Waals surface area (Å²) in [7, 11) is -3.06. The van der Waals surface area contributed by atoms with E-state index in [0.717, 1.165) is 0 Å². The van der Waals surface area contributed by atoms with E-state index in [2.05, 4.69) is 0 Å². The molecule has 1 rings (SSSR count). The van der Waals surface area contributed by atoms with E-state index >= 15 is 0 Å². The number of nitro groups is 1. The third-order valence-electron chi connectivity index (χ3n) is 2.70. The van der Waals surface area contributed by atoms with Crippen LogP contribution in [0.3, 0.4) is 0 Å². The average Bonchev–Trinajstić information content (AvgIpc) is 2.43. The molecular weight excluding hydrogens is 286 g/mol. The van der Waals surface area contributed by atoms with Crippen LogP contribution in [-0.4, -0.2) is 36.6 Å². The van der Waals surface area contributed by atoms with Crippen LogP contribution < -0.4 is 4.74 Å². The highest BCUT2D eigenvalue weighted by molar-refractivity contribution is 7.91. The summed E-state index contributed by atoms with van der Waals surface area (Å²) in [5, 5.41) is 19.8. The van der Waals surface area contributed by atoms with Crippen LogP contribution in [-0.2, 0) is 16.4 Å². The van der Waals surface area contributed by atoms with Crippen LogP contribution in [0.15, 0.2) is 18.2 Å². The molecule has 7 nitrogen and oxygen atoms in total. The Kier molecular flexibility index (Phi) is 5.90. The molecule has 1 aromatic carbocycles. The number of aliphatic hydroxyl groups excluding tert-OH is 1. The highest BCUT2D eigenvalue weighted by atomic mass is 32.2. The van der Waals surface area contributed by atoms with Crippen LogP contribution in [0.25, 0.3) is 0 Å². The largest absolute Gasteiger partial charge is 0.487 e. The van der Waals surface area contributed by atoms with E-state index in [0.29, 0.717) is 5.56 Å². The molecule has 1 N–H and O–H groups in total.